The lowest BCUT2D eigenvalue weighted by atomic mass is 9.84. The van der Waals surface area contributed by atoms with Crippen molar-refractivity contribution in [2.45, 2.75) is 39.7 Å². The molecule has 0 aromatic carbocycles. The third-order valence-electron chi connectivity index (χ3n) is 4.30. The summed E-state index contributed by atoms with van der Waals surface area (Å²) >= 11 is 0. The molecule has 0 bridgehead atoms. The van der Waals surface area contributed by atoms with Crippen molar-refractivity contribution in [1.82, 2.24) is 10.2 Å². The quantitative estimate of drug-likeness (QED) is 0.900. The average Bonchev–Trinajstić information content (AvgIpc) is 2.85. The summed E-state index contributed by atoms with van der Waals surface area (Å²) in [7, 11) is 1.86. The molecule has 1 amide bonds. The molecule has 0 saturated carbocycles. The third kappa shape index (κ3) is 4.10. The van der Waals surface area contributed by atoms with Gasteiger partial charge in [0.1, 0.15) is 11.5 Å². The van der Waals surface area contributed by atoms with Crippen molar-refractivity contribution in [3.05, 3.63) is 23.7 Å². The summed E-state index contributed by atoms with van der Waals surface area (Å²) in [6.07, 6.45) is 3.02. The molecular weight excluding hydrogens is 252 g/mol. The van der Waals surface area contributed by atoms with Crippen molar-refractivity contribution in [2.75, 3.05) is 20.1 Å². The summed E-state index contributed by atoms with van der Waals surface area (Å²) in [5.41, 5.74) is 0. The van der Waals surface area contributed by atoms with E-state index >= 15 is 0 Å². The number of amides is 1. The minimum absolute atomic E-state index is 0.213. The first kappa shape index (κ1) is 15.1. The van der Waals surface area contributed by atoms with Crippen LogP contribution in [0.15, 0.2) is 16.5 Å². The Labute approximate surface area is 121 Å². The van der Waals surface area contributed by atoms with Gasteiger partial charge in [0.15, 0.2) is 0 Å². The number of aryl methyl sites for hydroxylation is 1. The Bertz CT molecular complexity index is 435. The second-order valence-corrected chi connectivity index (χ2v) is 6.03. The molecule has 0 aliphatic carbocycles. The highest BCUT2D eigenvalue weighted by atomic mass is 16.3. The van der Waals surface area contributed by atoms with Crippen LogP contribution < -0.4 is 5.32 Å². The number of hydrogen-bond acceptors (Lipinski definition) is 3. The number of carbonyl (C=O) groups excluding carboxylic acids is 1. The Hall–Kier alpha value is -1.29. The predicted molar refractivity (Wildman–Crippen MR) is 79.3 cm³/mol. The maximum Gasteiger partial charge on any atom is 0.222 e. The molecule has 1 saturated heterocycles. The van der Waals surface area contributed by atoms with Crippen LogP contribution in [0.25, 0.3) is 0 Å². The van der Waals surface area contributed by atoms with E-state index in [1.54, 1.807) is 4.90 Å². The summed E-state index contributed by atoms with van der Waals surface area (Å²) in [6, 6.07) is 3.88. The highest BCUT2D eigenvalue weighted by molar-refractivity contribution is 5.76. The summed E-state index contributed by atoms with van der Waals surface area (Å²) in [5.74, 6) is 3.10. The third-order valence-corrected chi connectivity index (χ3v) is 4.30. The van der Waals surface area contributed by atoms with E-state index in [-0.39, 0.29) is 5.91 Å². The molecule has 0 radical (unpaired) electrons. The number of hydrogen-bond donors (Lipinski definition) is 1. The van der Waals surface area contributed by atoms with E-state index in [9.17, 15) is 4.79 Å². The predicted octanol–water partition coefficient (Wildman–Crippen LogP) is 2.57. The second-order valence-electron chi connectivity index (χ2n) is 6.03. The smallest absolute Gasteiger partial charge is 0.222 e. The van der Waals surface area contributed by atoms with Crippen LogP contribution in [0.4, 0.5) is 0 Å². The van der Waals surface area contributed by atoms with E-state index in [0.717, 1.165) is 24.6 Å². The summed E-state index contributed by atoms with van der Waals surface area (Å²) in [4.78, 5) is 14.0. The molecule has 1 aliphatic heterocycles. The van der Waals surface area contributed by atoms with Gasteiger partial charge in [0.25, 0.3) is 0 Å². The van der Waals surface area contributed by atoms with E-state index in [0.29, 0.717) is 24.8 Å². The SMILES string of the molecule is Cc1ccc(CN(C)C(=O)CC(C)C2CCNCC2)o1. The van der Waals surface area contributed by atoms with Gasteiger partial charge < -0.3 is 14.6 Å². The van der Waals surface area contributed by atoms with E-state index in [2.05, 4.69) is 12.2 Å². The van der Waals surface area contributed by atoms with E-state index in [1.165, 1.54) is 12.8 Å². The number of carbonyl (C=O) groups is 1. The van der Waals surface area contributed by atoms with Gasteiger partial charge in [-0.3, -0.25) is 4.79 Å². The van der Waals surface area contributed by atoms with Gasteiger partial charge in [-0.2, -0.15) is 0 Å². The Kier molecular flexibility index (Phi) is 5.24. The van der Waals surface area contributed by atoms with Crippen molar-refractivity contribution >= 4 is 5.91 Å². The molecule has 4 nitrogen and oxygen atoms in total. The van der Waals surface area contributed by atoms with Gasteiger partial charge in [-0.25, -0.2) is 0 Å². The minimum Gasteiger partial charge on any atom is -0.464 e. The number of nitrogens with one attached hydrogen (secondary N) is 1. The fourth-order valence-electron chi connectivity index (χ4n) is 2.90. The number of piperidine rings is 1. The zero-order valence-electron chi connectivity index (χ0n) is 12.8. The van der Waals surface area contributed by atoms with Crippen molar-refractivity contribution in [3.63, 3.8) is 0 Å². The van der Waals surface area contributed by atoms with Crippen LogP contribution in [0.1, 0.15) is 37.7 Å². The lowest BCUT2D eigenvalue weighted by Crippen LogP contribution is -2.34. The summed E-state index contributed by atoms with van der Waals surface area (Å²) < 4.78 is 5.52. The Morgan fingerprint density at radius 1 is 1.45 bits per heavy atom. The Morgan fingerprint density at radius 3 is 2.75 bits per heavy atom. The fraction of sp³-hybridized carbons (Fsp3) is 0.688. The van der Waals surface area contributed by atoms with Crippen LogP contribution in [0.3, 0.4) is 0 Å². The standard InChI is InChI=1S/C16H26N2O2/c1-12(14-6-8-17-9-7-14)10-16(19)18(3)11-15-5-4-13(2)20-15/h4-5,12,14,17H,6-11H2,1-3H3. The highest BCUT2D eigenvalue weighted by Crippen LogP contribution is 2.25. The van der Waals surface area contributed by atoms with Crippen molar-refractivity contribution in [2.24, 2.45) is 11.8 Å². The van der Waals surface area contributed by atoms with Crippen molar-refractivity contribution in [1.29, 1.82) is 0 Å². The Morgan fingerprint density at radius 2 is 2.15 bits per heavy atom. The van der Waals surface area contributed by atoms with Gasteiger partial charge in [0.05, 0.1) is 6.54 Å². The largest absolute Gasteiger partial charge is 0.464 e. The molecule has 1 atom stereocenters. The maximum absolute atomic E-state index is 12.3. The van der Waals surface area contributed by atoms with Gasteiger partial charge in [-0.15, -0.1) is 0 Å². The molecule has 1 fully saturated rings. The number of rotatable bonds is 5. The van der Waals surface area contributed by atoms with Crippen LogP contribution >= 0.6 is 0 Å². The molecule has 2 rings (SSSR count). The van der Waals surface area contributed by atoms with Crippen LogP contribution in [0, 0.1) is 18.8 Å². The maximum atomic E-state index is 12.3. The molecule has 4 heteroatoms. The number of nitrogens with zero attached hydrogens (tertiary/aromatic N) is 1. The van der Waals surface area contributed by atoms with Crippen LogP contribution in [0.2, 0.25) is 0 Å². The first-order chi connectivity index (χ1) is 9.56. The fourth-order valence-corrected chi connectivity index (χ4v) is 2.90. The molecule has 1 aromatic rings. The van der Waals surface area contributed by atoms with Gasteiger partial charge in [-0.05, 0) is 56.8 Å². The zero-order chi connectivity index (χ0) is 14.5. The van der Waals surface area contributed by atoms with Gasteiger partial charge in [0.2, 0.25) is 5.91 Å². The number of furan rings is 1. The first-order valence-corrected chi connectivity index (χ1v) is 7.56. The van der Waals surface area contributed by atoms with Crippen molar-refractivity contribution < 1.29 is 9.21 Å². The molecular formula is C16H26N2O2. The monoisotopic (exact) mass is 278 g/mol. The van der Waals surface area contributed by atoms with E-state index in [4.69, 9.17) is 4.42 Å². The molecule has 1 aliphatic rings. The summed E-state index contributed by atoms with van der Waals surface area (Å²) in [5, 5.41) is 3.37. The second kappa shape index (κ2) is 6.93. The molecule has 0 spiro atoms. The van der Waals surface area contributed by atoms with Crippen LogP contribution in [-0.4, -0.2) is 30.9 Å². The van der Waals surface area contributed by atoms with E-state index in [1.807, 2.05) is 26.1 Å². The normalized spacial score (nSPS) is 17.9. The van der Waals surface area contributed by atoms with Crippen LogP contribution in [-0.2, 0) is 11.3 Å². The van der Waals surface area contributed by atoms with Gasteiger partial charge in [0, 0.05) is 13.5 Å². The minimum atomic E-state index is 0.213. The molecule has 1 N–H and O–H groups in total. The molecule has 2 heterocycles. The summed E-state index contributed by atoms with van der Waals surface area (Å²) in [6.45, 7) is 6.87. The Balaban J connectivity index is 1.80. The molecule has 112 valence electrons. The molecule has 1 unspecified atom stereocenters. The molecule has 20 heavy (non-hydrogen) atoms. The zero-order valence-corrected chi connectivity index (χ0v) is 12.8. The first-order valence-electron chi connectivity index (χ1n) is 7.56. The lowest BCUT2D eigenvalue weighted by Gasteiger charge is -2.29. The van der Waals surface area contributed by atoms with E-state index < -0.39 is 0 Å². The highest BCUT2D eigenvalue weighted by Gasteiger charge is 2.23. The van der Waals surface area contributed by atoms with Crippen molar-refractivity contribution in [3.8, 4) is 0 Å². The van der Waals surface area contributed by atoms with Crippen LogP contribution in [0.5, 0.6) is 0 Å². The average molecular weight is 278 g/mol. The van der Waals surface area contributed by atoms with Gasteiger partial charge >= 0.3 is 0 Å². The molecule has 1 aromatic heterocycles. The lowest BCUT2D eigenvalue weighted by molar-refractivity contribution is -0.132. The topological polar surface area (TPSA) is 45.5 Å². The van der Waals surface area contributed by atoms with Gasteiger partial charge in [-0.1, -0.05) is 6.92 Å².